The summed E-state index contributed by atoms with van der Waals surface area (Å²) in [6, 6.07) is 4.26. The second kappa shape index (κ2) is 7.44. The fourth-order valence-corrected chi connectivity index (χ4v) is 1.60. The molecule has 0 bridgehead atoms. The Bertz CT molecular complexity index is 490. The molecular weight excluding hydrogens is 264 g/mol. The minimum Gasteiger partial charge on any atom is -0.479 e. The van der Waals surface area contributed by atoms with Gasteiger partial charge in [0.25, 0.3) is 5.69 Å². The average Bonchev–Trinajstić information content (AvgIpc) is 2.44. The third-order valence-electron chi connectivity index (χ3n) is 2.66. The molecule has 0 aliphatic rings. The summed E-state index contributed by atoms with van der Waals surface area (Å²) in [5.41, 5.74) is 0.604. The first-order chi connectivity index (χ1) is 9.49. The standard InChI is InChI=1S/C13H18N2O5/c1-4-14-8-10-7-11(15(17)18)5-6-12(10)20-9(2)13(16)19-3/h5-7,9,14H,4,8H2,1-3H3. The number of nitro benzene ring substituents is 1. The molecule has 0 saturated carbocycles. The summed E-state index contributed by atoms with van der Waals surface area (Å²) < 4.78 is 10.1. The van der Waals surface area contributed by atoms with Gasteiger partial charge in [-0.1, -0.05) is 6.92 Å². The number of esters is 1. The van der Waals surface area contributed by atoms with E-state index >= 15 is 0 Å². The number of carbonyl (C=O) groups is 1. The van der Waals surface area contributed by atoms with E-state index in [2.05, 4.69) is 10.1 Å². The molecule has 1 rings (SSSR count). The first-order valence-corrected chi connectivity index (χ1v) is 6.22. The maximum absolute atomic E-state index is 11.3. The van der Waals surface area contributed by atoms with Crippen molar-refractivity contribution in [2.45, 2.75) is 26.5 Å². The summed E-state index contributed by atoms with van der Waals surface area (Å²) in [6.45, 7) is 4.62. The van der Waals surface area contributed by atoms with Crippen LogP contribution in [0.2, 0.25) is 0 Å². The van der Waals surface area contributed by atoms with E-state index in [0.717, 1.165) is 0 Å². The van der Waals surface area contributed by atoms with Crippen molar-refractivity contribution in [3.63, 3.8) is 0 Å². The molecule has 0 fully saturated rings. The Labute approximate surface area is 117 Å². The maximum atomic E-state index is 11.3. The van der Waals surface area contributed by atoms with Gasteiger partial charge in [0.2, 0.25) is 0 Å². The summed E-state index contributed by atoms with van der Waals surface area (Å²) >= 11 is 0. The summed E-state index contributed by atoms with van der Waals surface area (Å²) in [6.07, 6.45) is -0.776. The molecule has 7 nitrogen and oxygen atoms in total. The van der Waals surface area contributed by atoms with Crippen LogP contribution in [0.3, 0.4) is 0 Å². The molecule has 1 aromatic carbocycles. The predicted molar refractivity (Wildman–Crippen MR) is 72.6 cm³/mol. The zero-order valence-electron chi connectivity index (χ0n) is 11.7. The second-order valence-corrected chi connectivity index (χ2v) is 4.11. The van der Waals surface area contributed by atoms with Crippen LogP contribution < -0.4 is 10.1 Å². The van der Waals surface area contributed by atoms with Gasteiger partial charge < -0.3 is 14.8 Å². The number of ether oxygens (including phenoxy) is 2. The molecule has 1 unspecified atom stereocenters. The van der Waals surface area contributed by atoms with Crippen molar-refractivity contribution in [3.05, 3.63) is 33.9 Å². The molecule has 0 amide bonds. The van der Waals surface area contributed by atoms with E-state index in [0.29, 0.717) is 24.4 Å². The highest BCUT2D eigenvalue weighted by Crippen LogP contribution is 2.25. The summed E-state index contributed by atoms with van der Waals surface area (Å²) in [5.74, 6) is -0.0767. The predicted octanol–water partition coefficient (Wildman–Crippen LogP) is 1.64. The van der Waals surface area contributed by atoms with E-state index in [9.17, 15) is 14.9 Å². The lowest BCUT2D eigenvalue weighted by Crippen LogP contribution is -2.25. The first kappa shape index (κ1) is 15.9. The molecule has 0 saturated heterocycles. The fourth-order valence-electron chi connectivity index (χ4n) is 1.60. The maximum Gasteiger partial charge on any atom is 0.346 e. The topological polar surface area (TPSA) is 90.7 Å². The molecule has 7 heteroatoms. The number of methoxy groups -OCH3 is 1. The number of carbonyl (C=O) groups excluding carboxylic acids is 1. The van der Waals surface area contributed by atoms with Crippen LogP contribution in [-0.2, 0) is 16.1 Å². The van der Waals surface area contributed by atoms with E-state index < -0.39 is 17.0 Å². The Morgan fingerprint density at radius 2 is 2.20 bits per heavy atom. The number of hydrogen-bond donors (Lipinski definition) is 1. The number of nitrogens with one attached hydrogen (secondary N) is 1. The normalized spacial score (nSPS) is 11.8. The third kappa shape index (κ3) is 4.20. The Morgan fingerprint density at radius 3 is 2.75 bits per heavy atom. The van der Waals surface area contributed by atoms with Gasteiger partial charge in [-0.25, -0.2) is 4.79 Å². The van der Waals surface area contributed by atoms with Crippen LogP contribution in [-0.4, -0.2) is 30.7 Å². The quantitative estimate of drug-likeness (QED) is 0.464. The van der Waals surface area contributed by atoms with Crippen LogP contribution in [0.1, 0.15) is 19.4 Å². The SMILES string of the molecule is CCNCc1cc([N+](=O)[O-])ccc1OC(C)C(=O)OC. The lowest BCUT2D eigenvalue weighted by atomic mass is 10.1. The van der Waals surface area contributed by atoms with Crippen molar-refractivity contribution in [1.82, 2.24) is 5.32 Å². The van der Waals surface area contributed by atoms with Gasteiger partial charge in [0.15, 0.2) is 6.10 Å². The Balaban J connectivity index is 2.98. The van der Waals surface area contributed by atoms with E-state index in [-0.39, 0.29) is 5.69 Å². The smallest absolute Gasteiger partial charge is 0.346 e. The monoisotopic (exact) mass is 282 g/mol. The van der Waals surface area contributed by atoms with Crippen molar-refractivity contribution in [3.8, 4) is 5.75 Å². The van der Waals surface area contributed by atoms with Crippen LogP contribution in [0, 0.1) is 10.1 Å². The molecule has 1 atom stereocenters. The van der Waals surface area contributed by atoms with E-state index in [4.69, 9.17) is 4.74 Å². The highest BCUT2D eigenvalue weighted by Gasteiger charge is 2.18. The summed E-state index contributed by atoms with van der Waals surface area (Å²) in [4.78, 5) is 21.7. The number of non-ortho nitro benzene ring substituents is 1. The van der Waals surface area contributed by atoms with Crippen LogP contribution in [0.15, 0.2) is 18.2 Å². The molecule has 0 aromatic heterocycles. The van der Waals surface area contributed by atoms with Gasteiger partial charge in [0, 0.05) is 24.2 Å². The molecule has 1 aromatic rings. The zero-order valence-corrected chi connectivity index (χ0v) is 11.7. The van der Waals surface area contributed by atoms with Gasteiger partial charge in [-0.05, 0) is 19.5 Å². The van der Waals surface area contributed by atoms with Crippen molar-refractivity contribution in [2.75, 3.05) is 13.7 Å². The van der Waals surface area contributed by atoms with Gasteiger partial charge in [0.05, 0.1) is 12.0 Å². The van der Waals surface area contributed by atoms with Gasteiger partial charge in [-0.15, -0.1) is 0 Å². The molecule has 0 heterocycles. The molecule has 110 valence electrons. The molecule has 0 spiro atoms. The largest absolute Gasteiger partial charge is 0.479 e. The minimum atomic E-state index is -0.776. The average molecular weight is 282 g/mol. The number of benzene rings is 1. The van der Waals surface area contributed by atoms with E-state index in [1.807, 2.05) is 6.92 Å². The molecule has 1 N–H and O–H groups in total. The molecular formula is C13H18N2O5. The number of hydrogen-bond acceptors (Lipinski definition) is 6. The first-order valence-electron chi connectivity index (χ1n) is 6.22. The van der Waals surface area contributed by atoms with E-state index in [1.54, 1.807) is 6.92 Å². The second-order valence-electron chi connectivity index (χ2n) is 4.11. The Hall–Kier alpha value is -2.15. The van der Waals surface area contributed by atoms with Gasteiger partial charge in [0.1, 0.15) is 5.75 Å². The number of nitrogens with zero attached hydrogens (tertiary/aromatic N) is 1. The molecule has 0 radical (unpaired) electrons. The Kier molecular flexibility index (Phi) is 5.92. The molecule has 0 aliphatic heterocycles. The van der Waals surface area contributed by atoms with Gasteiger partial charge in [-0.3, -0.25) is 10.1 Å². The van der Waals surface area contributed by atoms with Gasteiger partial charge >= 0.3 is 5.97 Å². The van der Waals surface area contributed by atoms with Gasteiger partial charge in [-0.2, -0.15) is 0 Å². The Morgan fingerprint density at radius 1 is 1.50 bits per heavy atom. The van der Waals surface area contributed by atoms with Crippen LogP contribution in [0.4, 0.5) is 5.69 Å². The lowest BCUT2D eigenvalue weighted by molar-refractivity contribution is -0.384. The highest BCUT2D eigenvalue weighted by molar-refractivity contribution is 5.74. The minimum absolute atomic E-state index is 0.0176. The van der Waals surface area contributed by atoms with Crippen LogP contribution in [0.25, 0.3) is 0 Å². The summed E-state index contributed by atoms with van der Waals surface area (Å²) in [5, 5.41) is 13.9. The fraction of sp³-hybridized carbons (Fsp3) is 0.462. The van der Waals surface area contributed by atoms with Crippen molar-refractivity contribution in [2.24, 2.45) is 0 Å². The molecule has 20 heavy (non-hydrogen) atoms. The number of nitro groups is 1. The summed E-state index contributed by atoms with van der Waals surface area (Å²) in [7, 11) is 1.28. The molecule has 0 aliphatic carbocycles. The van der Waals surface area contributed by atoms with E-state index in [1.165, 1.54) is 25.3 Å². The third-order valence-corrected chi connectivity index (χ3v) is 2.66. The van der Waals surface area contributed by atoms with Crippen molar-refractivity contribution < 1.29 is 19.2 Å². The van der Waals surface area contributed by atoms with Crippen LogP contribution in [0.5, 0.6) is 5.75 Å². The van der Waals surface area contributed by atoms with Crippen molar-refractivity contribution >= 4 is 11.7 Å². The van der Waals surface area contributed by atoms with Crippen molar-refractivity contribution in [1.29, 1.82) is 0 Å². The zero-order chi connectivity index (χ0) is 15.1. The number of rotatable bonds is 7. The lowest BCUT2D eigenvalue weighted by Gasteiger charge is -2.15. The highest BCUT2D eigenvalue weighted by atomic mass is 16.6. The van der Waals surface area contributed by atoms with Crippen LogP contribution >= 0.6 is 0 Å².